The molecule has 5 heteroatoms. The number of rotatable bonds is 2. The number of benzene rings is 1. The third kappa shape index (κ3) is 3.09. The van der Waals surface area contributed by atoms with Crippen molar-refractivity contribution >= 4 is 67.8 Å². The second-order valence-corrected chi connectivity index (χ2v) is 7.24. The number of hydrogen-bond acceptors (Lipinski definition) is 2. The first-order valence-electron chi connectivity index (χ1n) is 4.63. The van der Waals surface area contributed by atoms with Crippen LogP contribution in [-0.2, 0) is 0 Å². The van der Waals surface area contributed by atoms with Gasteiger partial charge in [-0.2, -0.15) is 0 Å². The molecule has 0 unspecified atom stereocenters. The summed E-state index contributed by atoms with van der Waals surface area (Å²) in [6.07, 6.45) is 2.29. The van der Waals surface area contributed by atoms with Crippen molar-refractivity contribution < 1.29 is 4.74 Å². The quantitative estimate of drug-likeness (QED) is 0.584. The summed E-state index contributed by atoms with van der Waals surface area (Å²) in [5.74, 6) is 1.02. The molecule has 0 bridgehead atoms. The first-order chi connectivity index (χ1) is 7.06. The minimum atomic E-state index is 0.321. The average Bonchev–Trinajstić information content (AvgIpc) is 2.07. The number of ether oxygens (including phenoxy) is 1. The highest BCUT2D eigenvalue weighted by Crippen LogP contribution is 2.33. The summed E-state index contributed by atoms with van der Waals surface area (Å²) in [6, 6.07) is 4.61. The van der Waals surface area contributed by atoms with E-state index in [1.165, 1.54) is 10.7 Å². The van der Waals surface area contributed by atoms with Crippen molar-refractivity contribution in [3.05, 3.63) is 22.8 Å². The van der Waals surface area contributed by atoms with Gasteiger partial charge in [-0.05, 0) is 92.7 Å². The second-order valence-electron chi connectivity index (χ2n) is 3.67. The van der Waals surface area contributed by atoms with E-state index in [4.69, 9.17) is 10.5 Å². The van der Waals surface area contributed by atoms with Crippen LogP contribution in [0.15, 0.2) is 12.1 Å². The molecule has 1 aromatic carbocycles. The average molecular weight is 541 g/mol. The van der Waals surface area contributed by atoms with Crippen LogP contribution in [0.1, 0.15) is 12.8 Å². The van der Waals surface area contributed by atoms with Gasteiger partial charge >= 0.3 is 0 Å². The van der Waals surface area contributed by atoms with E-state index < -0.39 is 0 Å². The fraction of sp³-hybridized carbons (Fsp3) is 0.400. The molecule has 1 aliphatic rings. The number of halogens is 3. The highest BCUT2D eigenvalue weighted by molar-refractivity contribution is 14.1. The predicted molar refractivity (Wildman–Crippen MR) is 86.2 cm³/mol. The molecule has 1 aliphatic carbocycles. The summed E-state index contributed by atoms with van der Waals surface area (Å²) >= 11 is 6.97. The van der Waals surface area contributed by atoms with Crippen LogP contribution in [-0.4, -0.2) is 12.1 Å². The Kier molecular flexibility index (Phi) is 4.39. The summed E-state index contributed by atoms with van der Waals surface area (Å²) in [6.45, 7) is 0. The van der Waals surface area contributed by atoms with Crippen LogP contribution in [0.5, 0.6) is 5.75 Å². The molecule has 0 heterocycles. The molecule has 0 atom stereocenters. The molecular weight excluding hydrogens is 531 g/mol. The molecule has 0 radical (unpaired) electrons. The molecule has 82 valence electrons. The summed E-state index contributed by atoms with van der Waals surface area (Å²) in [5.41, 5.74) is 5.74. The van der Waals surface area contributed by atoms with Gasteiger partial charge in [-0.25, -0.2) is 0 Å². The zero-order chi connectivity index (χ0) is 11.0. The van der Waals surface area contributed by atoms with Crippen molar-refractivity contribution in [2.24, 2.45) is 5.73 Å². The molecular formula is C10H10I3NO. The first kappa shape index (κ1) is 12.6. The van der Waals surface area contributed by atoms with Crippen LogP contribution >= 0.6 is 67.8 Å². The molecule has 0 aliphatic heterocycles. The van der Waals surface area contributed by atoms with Gasteiger partial charge in [0.2, 0.25) is 0 Å². The van der Waals surface area contributed by atoms with Gasteiger partial charge in [0.15, 0.2) is 0 Å². The normalized spacial score (nSPS) is 24.8. The highest BCUT2D eigenvalue weighted by Gasteiger charge is 2.28. The van der Waals surface area contributed by atoms with Gasteiger partial charge in [-0.15, -0.1) is 0 Å². The Labute approximate surface area is 130 Å². The largest absolute Gasteiger partial charge is 0.488 e. The Bertz CT molecular complexity index is 354. The fourth-order valence-corrected chi connectivity index (χ4v) is 5.35. The van der Waals surface area contributed by atoms with Crippen LogP contribution in [0.2, 0.25) is 0 Å². The van der Waals surface area contributed by atoms with E-state index in [2.05, 4.69) is 79.9 Å². The Morgan fingerprint density at radius 3 is 2.13 bits per heavy atom. The monoisotopic (exact) mass is 541 g/mol. The lowest BCUT2D eigenvalue weighted by Crippen LogP contribution is -2.43. The summed E-state index contributed by atoms with van der Waals surface area (Å²) < 4.78 is 9.56. The number of hydrogen-bond donors (Lipinski definition) is 1. The van der Waals surface area contributed by atoms with Gasteiger partial charge in [0.1, 0.15) is 11.9 Å². The Balaban J connectivity index is 2.14. The molecule has 0 aromatic heterocycles. The van der Waals surface area contributed by atoms with Crippen LogP contribution in [0.4, 0.5) is 0 Å². The van der Waals surface area contributed by atoms with E-state index in [-0.39, 0.29) is 0 Å². The van der Waals surface area contributed by atoms with Crippen molar-refractivity contribution in [3.63, 3.8) is 0 Å². The molecule has 0 amide bonds. The van der Waals surface area contributed by atoms with Crippen molar-refractivity contribution in [1.82, 2.24) is 0 Å². The van der Waals surface area contributed by atoms with Gasteiger partial charge in [0.25, 0.3) is 0 Å². The maximum Gasteiger partial charge on any atom is 0.146 e. The molecule has 0 spiro atoms. The van der Waals surface area contributed by atoms with Gasteiger partial charge in [-0.1, -0.05) is 0 Å². The minimum absolute atomic E-state index is 0.321. The SMILES string of the molecule is NC1CC(Oc2c(I)cc(I)cc2I)C1. The third-order valence-corrected chi connectivity index (χ3v) is 4.60. The van der Waals surface area contributed by atoms with Gasteiger partial charge in [-0.3, -0.25) is 0 Å². The zero-order valence-corrected chi connectivity index (χ0v) is 14.3. The van der Waals surface area contributed by atoms with Gasteiger partial charge in [0, 0.05) is 9.61 Å². The summed E-state index contributed by atoms with van der Waals surface area (Å²) in [4.78, 5) is 0. The second kappa shape index (κ2) is 5.21. The van der Waals surface area contributed by atoms with Crippen molar-refractivity contribution in [2.45, 2.75) is 25.0 Å². The van der Waals surface area contributed by atoms with E-state index >= 15 is 0 Å². The molecule has 1 fully saturated rings. The van der Waals surface area contributed by atoms with E-state index in [0.29, 0.717) is 12.1 Å². The molecule has 2 N–H and O–H groups in total. The van der Waals surface area contributed by atoms with E-state index in [1.54, 1.807) is 0 Å². The molecule has 2 nitrogen and oxygen atoms in total. The minimum Gasteiger partial charge on any atom is -0.488 e. The molecule has 15 heavy (non-hydrogen) atoms. The standard InChI is InChI=1S/C10H10I3NO/c11-5-1-8(12)10(9(13)2-5)15-7-3-6(14)4-7/h1-2,6-7H,3-4,14H2. The third-order valence-electron chi connectivity index (χ3n) is 2.38. The molecule has 0 saturated heterocycles. The number of nitrogens with two attached hydrogens (primary N) is 1. The lowest BCUT2D eigenvalue weighted by molar-refractivity contribution is 0.0989. The van der Waals surface area contributed by atoms with Crippen molar-refractivity contribution in [1.29, 1.82) is 0 Å². The summed E-state index contributed by atoms with van der Waals surface area (Å²) in [7, 11) is 0. The van der Waals surface area contributed by atoms with Crippen LogP contribution < -0.4 is 10.5 Å². The van der Waals surface area contributed by atoms with Crippen LogP contribution in [0.25, 0.3) is 0 Å². The van der Waals surface area contributed by atoms with Gasteiger partial charge in [0.05, 0.1) is 7.14 Å². The zero-order valence-electron chi connectivity index (χ0n) is 7.84. The molecule has 1 saturated carbocycles. The van der Waals surface area contributed by atoms with Gasteiger partial charge < -0.3 is 10.5 Å². The van der Waals surface area contributed by atoms with Crippen molar-refractivity contribution in [2.75, 3.05) is 0 Å². The maximum absolute atomic E-state index is 5.94. The lowest BCUT2D eigenvalue weighted by Gasteiger charge is -2.33. The first-order valence-corrected chi connectivity index (χ1v) is 7.86. The topological polar surface area (TPSA) is 35.2 Å². The van der Waals surface area contributed by atoms with Crippen molar-refractivity contribution in [3.8, 4) is 5.75 Å². The van der Waals surface area contributed by atoms with E-state index in [0.717, 1.165) is 18.6 Å². The Hall–Kier alpha value is 1.17. The lowest BCUT2D eigenvalue weighted by atomic mass is 9.90. The van der Waals surface area contributed by atoms with E-state index in [1.807, 2.05) is 0 Å². The fourth-order valence-electron chi connectivity index (χ4n) is 1.51. The Morgan fingerprint density at radius 1 is 1.13 bits per heavy atom. The smallest absolute Gasteiger partial charge is 0.146 e. The Morgan fingerprint density at radius 2 is 1.67 bits per heavy atom. The van der Waals surface area contributed by atoms with Crippen LogP contribution in [0.3, 0.4) is 0 Å². The highest BCUT2D eigenvalue weighted by atomic mass is 127. The van der Waals surface area contributed by atoms with E-state index in [9.17, 15) is 0 Å². The summed E-state index contributed by atoms with van der Waals surface area (Å²) in [5, 5.41) is 0. The predicted octanol–water partition coefficient (Wildman–Crippen LogP) is 3.37. The molecule has 2 rings (SSSR count). The maximum atomic E-state index is 5.94. The van der Waals surface area contributed by atoms with Crippen LogP contribution in [0, 0.1) is 10.7 Å². The molecule has 1 aromatic rings.